The maximum atomic E-state index is 12.4. The van der Waals surface area contributed by atoms with Gasteiger partial charge in [0.1, 0.15) is 15.4 Å². The van der Waals surface area contributed by atoms with Crippen molar-refractivity contribution in [3.63, 3.8) is 0 Å². The van der Waals surface area contributed by atoms with E-state index in [-0.39, 0.29) is 5.56 Å². The van der Waals surface area contributed by atoms with Gasteiger partial charge in [-0.25, -0.2) is 9.97 Å². The van der Waals surface area contributed by atoms with Crippen LogP contribution >= 0.6 is 22.9 Å². The number of pyridine rings is 1. The van der Waals surface area contributed by atoms with Gasteiger partial charge in [0, 0.05) is 16.1 Å². The highest BCUT2D eigenvalue weighted by Crippen LogP contribution is 2.42. The van der Waals surface area contributed by atoms with Crippen LogP contribution in [0.3, 0.4) is 0 Å². The van der Waals surface area contributed by atoms with Crippen molar-refractivity contribution >= 4 is 43.4 Å². The number of aryl methyl sites for hydroxylation is 2. The Morgan fingerprint density at radius 3 is 2.76 bits per heavy atom. The molecule has 4 aromatic rings. The lowest BCUT2D eigenvalue weighted by molar-refractivity contribution is 0.902. The Labute approximate surface area is 152 Å². The molecule has 4 nitrogen and oxygen atoms in total. The summed E-state index contributed by atoms with van der Waals surface area (Å²) in [7, 11) is 0. The van der Waals surface area contributed by atoms with Crippen molar-refractivity contribution in [2.45, 2.75) is 26.2 Å². The van der Waals surface area contributed by atoms with Gasteiger partial charge in [-0.05, 0) is 55.0 Å². The Morgan fingerprint density at radius 2 is 1.96 bits per heavy atom. The zero-order valence-corrected chi connectivity index (χ0v) is 15.1. The minimum absolute atomic E-state index is 0.0901. The van der Waals surface area contributed by atoms with E-state index < -0.39 is 0 Å². The Balaban J connectivity index is 2.00. The summed E-state index contributed by atoms with van der Waals surface area (Å²) >= 11 is 7.51. The number of aromatic nitrogens is 3. The van der Waals surface area contributed by atoms with E-state index in [1.807, 2.05) is 31.2 Å². The highest BCUT2D eigenvalue weighted by atomic mass is 35.5. The number of H-pyrrole nitrogens is 1. The molecule has 3 heterocycles. The molecule has 0 bridgehead atoms. The Kier molecular flexibility index (Phi) is 3.24. The Bertz CT molecular complexity index is 1210. The summed E-state index contributed by atoms with van der Waals surface area (Å²) in [5.74, 6) is 0.625. The van der Waals surface area contributed by atoms with Crippen molar-refractivity contribution in [1.29, 1.82) is 0 Å². The van der Waals surface area contributed by atoms with Crippen LogP contribution < -0.4 is 5.56 Å². The molecular weight excluding hydrogens is 354 g/mol. The highest BCUT2D eigenvalue weighted by molar-refractivity contribution is 7.25. The second-order valence-electron chi connectivity index (χ2n) is 6.38. The molecule has 5 rings (SSSR count). The topological polar surface area (TPSA) is 58.6 Å². The van der Waals surface area contributed by atoms with E-state index in [9.17, 15) is 4.79 Å². The first-order chi connectivity index (χ1) is 12.1. The van der Waals surface area contributed by atoms with Gasteiger partial charge in [0.25, 0.3) is 5.56 Å². The van der Waals surface area contributed by atoms with Crippen LogP contribution in [0.25, 0.3) is 31.6 Å². The predicted molar refractivity (Wildman–Crippen MR) is 103 cm³/mol. The van der Waals surface area contributed by atoms with E-state index in [0.29, 0.717) is 15.5 Å². The van der Waals surface area contributed by atoms with Crippen molar-refractivity contribution in [2.75, 3.05) is 0 Å². The number of nitrogens with one attached hydrogen (secondary N) is 1. The maximum absolute atomic E-state index is 12.4. The third-order valence-corrected chi connectivity index (χ3v) is 6.08. The van der Waals surface area contributed by atoms with Gasteiger partial charge in [0.05, 0.1) is 5.52 Å². The molecule has 0 saturated carbocycles. The van der Waals surface area contributed by atoms with E-state index in [4.69, 9.17) is 16.6 Å². The lowest BCUT2D eigenvalue weighted by Crippen LogP contribution is -2.07. The number of benzene rings is 1. The normalized spacial score (nSPS) is 13.7. The van der Waals surface area contributed by atoms with Gasteiger partial charge >= 0.3 is 0 Å². The third-order valence-electron chi connectivity index (χ3n) is 4.75. The lowest BCUT2D eigenvalue weighted by Gasteiger charge is -2.11. The molecule has 0 saturated heterocycles. The average molecular weight is 368 g/mol. The highest BCUT2D eigenvalue weighted by Gasteiger charge is 2.24. The summed E-state index contributed by atoms with van der Waals surface area (Å²) in [5.41, 5.74) is 5.37. The molecule has 0 radical (unpaired) electrons. The van der Waals surface area contributed by atoms with Gasteiger partial charge in [-0.1, -0.05) is 23.7 Å². The van der Waals surface area contributed by atoms with Crippen molar-refractivity contribution in [3.05, 3.63) is 56.7 Å². The molecule has 0 atom stereocenters. The molecule has 1 aromatic carbocycles. The van der Waals surface area contributed by atoms with Crippen LogP contribution in [-0.4, -0.2) is 15.0 Å². The van der Waals surface area contributed by atoms with Gasteiger partial charge in [-0.15, -0.1) is 11.3 Å². The van der Waals surface area contributed by atoms with Crippen LogP contribution in [0.5, 0.6) is 0 Å². The van der Waals surface area contributed by atoms with E-state index in [1.54, 1.807) is 0 Å². The van der Waals surface area contributed by atoms with E-state index >= 15 is 0 Å². The maximum Gasteiger partial charge on any atom is 0.268 e. The molecule has 0 spiro atoms. The molecule has 0 fully saturated rings. The number of halogens is 1. The summed E-state index contributed by atoms with van der Waals surface area (Å²) in [4.78, 5) is 25.6. The number of rotatable bonds is 1. The van der Waals surface area contributed by atoms with Gasteiger partial charge in [-0.3, -0.25) is 4.79 Å². The molecule has 25 heavy (non-hydrogen) atoms. The number of fused-ring (bicyclic) bond motifs is 4. The Hall–Kier alpha value is -2.24. The molecular formula is C19H14ClN3OS. The first-order valence-electron chi connectivity index (χ1n) is 8.22. The number of nitrogens with zero attached hydrogens (tertiary/aromatic N) is 2. The Morgan fingerprint density at radius 1 is 1.16 bits per heavy atom. The lowest BCUT2D eigenvalue weighted by atomic mass is 9.96. The number of hydrogen-bond acceptors (Lipinski definition) is 4. The van der Waals surface area contributed by atoms with Crippen molar-refractivity contribution in [2.24, 2.45) is 0 Å². The number of aromatic amines is 1. The summed E-state index contributed by atoms with van der Waals surface area (Å²) < 4.78 is 0.645. The van der Waals surface area contributed by atoms with Gasteiger partial charge in [0.2, 0.25) is 0 Å². The van der Waals surface area contributed by atoms with E-state index in [2.05, 4.69) is 9.97 Å². The number of thiophene rings is 1. The molecule has 6 heteroatoms. The summed E-state index contributed by atoms with van der Waals surface area (Å²) in [5, 5.41) is 1.71. The fourth-order valence-corrected chi connectivity index (χ4v) is 4.89. The van der Waals surface area contributed by atoms with Crippen LogP contribution in [0.4, 0.5) is 0 Å². The largest absolute Gasteiger partial charge is 0.310 e. The van der Waals surface area contributed by atoms with Crippen LogP contribution in [0.1, 0.15) is 23.5 Å². The average Bonchev–Trinajstić information content (AvgIpc) is 3.18. The SMILES string of the molecule is Cc1nc2c(sc3nc4c(c(-c5ccc(Cl)cc5)c32)CCC4)c(=O)[nH]1. The fraction of sp³-hybridized carbons (Fsp3) is 0.211. The summed E-state index contributed by atoms with van der Waals surface area (Å²) in [6.45, 7) is 1.81. The second-order valence-corrected chi connectivity index (χ2v) is 7.82. The third kappa shape index (κ3) is 2.23. The van der Waals surface area contributed by atoms with Crippen LogP contribution in [0.2, 0.25) is 5.02 Å². The van der Waals surface area contributed by atoms with Crippen molar-refractivity contribution in [3.8, 4) is 11.1 Å². The second kappa shape index (κ2) is 5.38. The number of hydrogen-bond donors (Lipinski definition) is 1. The molecule has 0 aliphatic heterocycles. The first-order valence-corrected chi connectivity index (χ1v) is 9.42. The molecule has 3 aromatic heterocycles. The molecule has 124 valence electrons. The van der Waals surface area contributed by atoms with Gasteiger partial charge in [0.15, 0.2) is 0 Å². The molecule has 0 unspecified atom stereocenters. The van der Waals surface area contributed by atoms with Gasteiger partial charge < -0.3 is 4.98 Å². The van der Waals surface area contributed by atoms with Crippen LogP contribution in [0.15, 0.2) is 29.1 Å². The summed E-state index contributed by atoms with van der Waals surface area (Å²) in [6, 6.07) is 7.90. The monoisotopic (exact) mass is 367 g/mol. The van der Waals surface area contributed by atoms with Crippen LogP contribution in [-0.2, 0) is 12.8 Å². The van der Waals surface area contributed by atoms with Crippen molar-refractivity contribution < 1.29 is 0 Å². The van der Waals surface area contributed by atoms with Gasteiger partial charge in [-0.2, -0.15) is 0 Å². The minimum Gasteiger partial charge on any atom is -0.310 e. The molecule has 1 aliphatic carbocycles. The van der Waals surface area contributed by atoms with Crippen LogP contribution in [0, 0.1) is 6.92 Å². The quantitative estimate of drug-likeness (QED) is 0.532. The zero-order valence-electron chi connectivity index (χ0n) is 13.5. The molecule has 1 N–H and O–H groups in total. The fourth-order valence-electron chi connectivity index (χ4n) is 3.72. The zero-order chi connectivity index (χ0) is 17.1. The summed E-state index contributed by atoms with van der Waals surface area (Å²) in [6.07, 6.45) is 3.11. The standard InChI is InChI=1S/C19H14ClN3OS/c1-9-21-16-15-14(10-5-7-11(20)8-6-10)12-3-2-4-13(12)23-19(15)25-17(16)18(24)22-9/h5-8H,2-4H2,1H3,(H,21,22,24). The first kappa shape index (κ1) is 15.0. The smallest absolute Gasteiger partial charge is 0.268 e. The molecule has 0 amide bonds. The van der Waals surface area contributed by atoms with E-state index in [1.165, 1.54) is 16.9 Å². The van der Waals surface area contributed by atoms with Crippen molar-refractivity contribution in [1.82, 2.24) is 15.0 Å². The van der Waals surface area contributed by atoms with E-state index in [0.717, 1.165) is 51.8 Å². The predicted octanol–water partition coefficient (Wildman–Crippen LogP) is 4.65. The minimum atomic E-state index is -0.0901. The molecule has 1 aliphatic rings.